The maximum absolute atomic E-state index is 6.76. The molecular formula is C42H42P4S. The molecule has 6 aromatic carbocycles. The van der Waals surface area contributed by atoms with Gasteiger partial charge in [0.15, 0.2) is 0 Å². The fourth-order valence-electron chi connectivity index (χ4n) is 6.09. The topological polar surface area (TPSA) is 0 Å². The van der Waals surface area contributed by atoms with E-state index in [1.807, 2.05) is 0 Å². The second-order valence-corrected chi connectivity index (χ2v) is 23.8. The maximum Gasteiger partial charge on any atom is 0.0109 e. The molecule has 5 heteroatoms. The molecule has 0 atom stereocenters. The van der Waals surface area contributed by atoms with Crippen LogP contribution in [0.5, 0.6) is 0 Å². The molecule has 0 heterocycles. The van der Waals surface area contributed by atoms with Crippen LogP contribution in [-0.4, -0.2) is 37.0 Å². The third-order valence-corrected chi connectivity index (χ3v) is 22.2. The van der Waals surface area contributed by atoms with Gasteiger partial charge in [0, 0.05) is 6.04 Å². The van der Waals surface area contributed by atoms with Crippen LogP contribution in [0.3, 0.4) is 0 Å². The van der Waals surface area contributed by atoms with E-state index in [4.69, 9.17) is 11.8 Å². The molecule has 0 saturated heterocycles. The van der Waals surface area contributed by atoms with Gasteiger partial charge in [-0.3, -0.25) is 0 Å². The predicted molar refractivity (Wildman–Crippen MR) is 221 cm³/mol. The number of hydrogen-bond donors (Lipinski definition) is 0. The zero-order valence-corrected chi connectivity index (χ0v) is 31.2. The second kappa shape index (κ2) is 17.6. The molecule has 0 nitrogen and oxygen atoms in total. The summed E-state index contributed by atoms with van der Waals surface area (Å²) >= 11 is 6.76. The Balaban J connectivity index is 1.30. The summed E-state index contributed by atoms with van der Waals surface area (Å²) in [7, 11) is -1.08. The van der Waals surface area contributed by atoms with Gasteiger partial charge in [-0.15, -0.1) is 7.92 Å². The van der Waals surface area contributed by atoms with Gasteiger partial charge in [-0.2, -0.15) is 0 Å². The molecule has 0 fully saturated rings. The van der Waals surface area contributed by atoms with Crippen molar-refractivity contribution in [1.29, 1.82) is 0 Å². The quantitative estimate of drug-likeness (QED) is 0.0965. The van der Waals surface area contributed by atoms with Crippen LogP contribution in [0.4, 0.5) is 0 Å². The van der Waals surface area contributed by atoms with Crippen molar-refractivity contribution in [2.75, 3.05) is 37.0 Å². The average molecular weight is 703 g/mol. The fourth-order valence-corrected chi connectivity index (χ4v) is 20.2. The lowest BCUT2D eigenvalue weighted by Gasteiger charge is -2.29. The summed E-state index contributed by atoms with van der Waals surface area (Å²) in [5, 5.41) is 8.64. The van der Waals surface area contributed by atoms with Crippen molar-refractivity contribution in [2.45, 2.75) is 0 Å². The van der Waals surface area contributed by atoms with Crippen molar-refractivity contribution in [2.24, 2.45) is 0 Å². The molecule has 6 aromatic rings. The van der Waals surface area contributed by atoms with E-state index in [-0.39, 0.29) is 7.92 Å². The summed E-state index contributed by atoms with van der Waals surface area (Å²) in [6, 6.07) is 65.1. The van der Waals surface area contributed by atoms with E-state index in [1.54, 1.807) is 0 Å². The van der Waals surface area contributed by atoms with E-state index in [1.165, 1.54) is 62.6 Å². The van der Waals surface area contributed by atoms with Crippen LogP contribution in [0.2, 0.25) is 0 Å². The van der Waals surface area contributed by atoms with Crippen molar-refractivity contribution in [1.82, 2.24) is 0 Å². The van der Waals surface area contributed by atoms with Gasteiger partial charge in [-0.1, -0.05) is 194 Å². The Bertz CT molecular complexity index is 1590. The van der Waals surface area contributed by atoms with Crippen LogP contribution in [0, 0.1) is 0 Å². The van der Waals surface area contributed by atoms with E-state index < -0.39 is 21.9 Å². The summed E-state index contributed by atoms with van der Waals surface area (Å²) in [5.41, 5.74) is 0. The second-order valence-electron chi connectivity index (χ2n) is 11.6. The van der Waals surface area contributed by atoms with Crippen molar-refractivity contribution in [3.8, 4) is 0 Å². The van der Waals surface area contributed by atoms with Crippen molar-refractivity contribution >= 4 is 73.4 Å². The van der Waals surface area contributed by atoms with Gasteiger partial charge in [-0.05, 0) is 84.6 Å². The van der Waals surface area contributed by atoms with Crippen LogP contribution in [-0.2, 0) is 11.8 Å². The van der Waals surface area contributed by atoms with E-state index in [0.29, 0.717) is 0 Å². The molecule has 0 spiro atoms. The first-order valence-corrected chi connectivity index (χ1v) is 24.3. The summed E-state index contributed by atoms with van der Waals surface area (Å²) in [6.07, 6.45) is 7.31. The van der Waals surface area contributed by atoms with Gasteiger partial charge in [-0.25, -0.2) is 0 Å². The van der Waals surface area contributed by atoms with E-state index in [9.17, 15) is 0 Å². The molecule has 47 heavy (non-hydrogen) atoms. The molecule has 0 saturated carbocycles. The minimum Gasteiger partial charge on any atom is -0.106 e. The molecule has 0 N–H and O–H groups in total. The van der Waals surface area contributed by atoms with Gasteiger partial charge in [0.05, 0.1) is 0 Å². The number of benzene rings is 6. The lowest BCUT2D eigenvalue weighted by molar-refractivity contribution is 1.36. The summed E-state index contributed by atoms with van der Waals surface area (Å²) in [4.78, 5) is 0. The molecule has 0 aliphatic carbocycles. The first-order chi connectivity index (χ1) is 23.2. The Hall–Kier alpha value is -2.74. The van der Waals surface area contributed by atoms with Crippen molar-refractivity contribution in [3.63, 3.8) is 0 Å². The molecule has 0 bridgehead atoms. The first-order valence-electron chi connectivity index (χ1n) is 16.4. The molecule has 0 aromatic heterocycles. The van der Waals surface area contributed by atoms with Crippen LogP contribution in [0.1, 0.15) is 0 Å². The Labute approximate surface area is 291 Å². The third-order valence-electron chi connectivity index (χ3n) is 8.63. The Kier molecular flexibility index (Phi) is 12.8. The zero-order valence-electron chi connectivity index (χ0n) is 26.8. The lowest BCUT2D eigenvalue weighted by atomic mass is 10.4. The highest BCUT2D eigenvalue weighted by Gasteiger charge is 2.25. The molecule has 0 unspecified atom stereocenters. The minimum absolute atomic E-state index is 0.239. The van der Waals surface area contributed by atoms with Gasteiger partial charge in [0.25, 0.3) is 0 Å². The minimum atomic E-state index is -1.94. The number of hydrogen-bond acceptors (Lipinski definition) is 1. The largest absolute Gasteiger partial charge is 0.106 e. The normalized spacial score (nSPS) is 11.7. The Morgan fingerprint density at radius 3 is 0.915 bits per heavy atom. The highest BCUT2D eigenvalue weighted by Crippen LogP contribution is 2.51. The highest BCUT2D eigenvalue weighted by molar-refractivity contribution is 8.22. The molecule has 0 aliphatic heterocycles. The van der Waals surface area contributed by atoms with Crippen LogP contribution < -0.4 is 31.8 Å². The van der Waals surface area contributed by atoms with Gasteiger partial charge in [0.2, 0.25) is 0 Å². The van der Waals surface area contributed by atoms with Gasteiger partial charge < -0.3 is 0 Å². The van der Waals surface area contributed by atoms with E-state index in [0.717, 1.165) is 6.16 Å². The highest BCUT2D eigenvalue weighted by atomic mass is 32.4. The summed E-state index contributed by atoms with van der Waals surface area (Å²) in [5.74, 6) is 0. The molecule has 0 amide bonds. The Morgan fingerprint density at radius 2 is 0.617 bits per heavy atom. The van der Waals surface area contributed by atoms with Crippen molar-refractivity contribution in [3.05, 3.63) is 182 Å². The van der Waals surface area contributed by atoms with Gasteiger partial charge >= 0.3 is 0 Å². The standard InChI is InChI=1S/C42H42P4S/c47-46(41-27-15-5-16-28-41,42-29-17-6-18-30-42)36-35-43(31-33-44(37-19-7-1-8-20-37)38-21-9-2-10-22-38)32-34-45(39-23-11-3-12-24-39)40-25-13-4-14-26-40/h1-30H,31-36H2. The monoisotopic (exact) mass is 702 g/mol. The molecule has 6 rings (SSSR count). The molecule has 236 valence electrons. The molecule has 0 aliphatic rings. The van der Waals surface area contributed by atoms with Crippen LogP contribution >= 0.6 is 29.8 Å². The maximum atomic E-state index is 6.76. The molecule has 0 radical (unpaired) electrons. The van der Waals surface area contributed by atoms with E-state index >= 15 is 0 Å². The first kappa shape index (κ1) is 34.1. The Morgan fingerprint density at radius 1 is 0.340 bits per heavy atom. The van der Waals surface area contributed by atoms with Crippen LogP contribution in [0.25, 0.3) is 0 Å². The third kappa shape index (κ3) is 9.24. The van der Waals surface area contributed by atoms with Gasteiger partial charge in [0.1, 0.15) is 0 Å². The van der Waals surface area contributed by atoms with Crippen LogP contribution in [0.15, 0.2) is 182 Å². The predicted octanol–water partition coefficient (Wildman–Crippen LogP) is 8.86. The zero-order chi connectivity index (χ0) is 32.2. The van der Waals surface area contributed by atoms with E-state index in [2.05, 4.69) is 182 Å². The fraction of sp³-hybridized carbons (Fsp3) is 0.143. The van der Waals surface area contributed by atoms with Crippen molar-refractivity contribution < 1.29 is 0 Å². The summed E-state index contributed by atoms with van der Waals surface area (Å²) < 4.78 is 0. The summed E-state index contributed by atoms with van der Waals surface area (Å²) in [6.45, 7) is 0. The number of rotatable bonds is 15. The molecular weight excluding hydrogens is 660 g/mol. The smallest absolute Gasteiger partial charge is 0.0109 e. The SMILES string of the molecule is S=P(CCP(CCP(c1ccccc1)c1ccccc1)CCP(c1ccccc1)c1ccccc1)(c1ccccc1)c1ccccc1. The average Bonchev–Trinajstić information content (AvgIpc) is 3.16. The lowest BCUT2D eigenvalue weighted by Crippen LogP contribution is -2.21.